The zero-order chi connectivity index (χ0) is 17.9. The molecular formula is C20H26N4O2. The van der Waals surface area contributed by atoms with E-state index in [0.717, 1.165) is 30.8 Å². The van der Waals surface area contributed by atoms with Crippen molar-refractivity contribution in [1.82, 2.24) is 20.0 Å². The Morgan fingerprint density at radius 3 is 2.65 bits per heavy atom. The molecule has 0 radical (unpaired) electrons. The molecule has 2 aliphatic rings. The van der Waals surface area contributed by atoms with Crippen LogP contribution in [0.25, 0.3) is 5.69 Å². The minimum Gasteiger partial charge on any atom is -0.381 e. The average Bonchev–Trinajstić information content (AvgIpc) is 3.24. The van der Waals surface area contributed by atoms with Crippen molar-refractivity contribution in [3.63, 3.8) is 0 Å². The molecule has 26 heavy (non-hydrogen) atoms. The topological polar surface area (TPSA) is 59.4 Å². The molecule has 1 unspecified atom stereocenters. The number of hydrogen-bond acceptors (Lipinski definition) is 3. The van der Waals surface area contributed by atoms with Crippen LogP contribution in [-0.2, 0) is 11.2 Å². The zero-order valence-electron chi connectivity index (χ0n) is 15.2. The molecule has 4 rings (SSSR count). The van der Waals surface area contributed by atoms with Crippen LogP contribution in [0, 0.1) is 11.8 Å². The number of carbonyl (C=O) groups excluding carboxylic acids is 1. The normalized spacial score (nSPS) is 24.7. The third-order valence-electron chi connectivity index (χ3n) is 5.65. The molecule has 2 bridgehead atoms. The lowest BCUT2D eigenvalue weighted by molar-refractivity contribution is -0.00503. The molecule has 6 heteroatoms. The molecule has 2 amide bonds. The van der Waals surface area contributed by atoms with Gasteiger partial charge in [0.25, 0.3) is 0 Å². The van der Waals surface area contributed by atoms with Crippen molar-refractivity contribution in [3.05, 3.63) is 48.3 Å². The summed E-state index contributed by atoms with van der Waals surface area (Å²) in [5, 5.41) is 7.46. The lowest BCUT2D eigenvalue weighted by Crippen LogP contribution is -2.51. The van der Waals surface area contributed by atoms with Gasteiger partial charge < -0.3 is 15.0 Å². The molecule has 1 aliphatic heterocycles. The molecule has 1 saturated heterocycles. The van der Waals surface area contributed by atoms with Crippen LogP contribution >= 0.6 is 0 Å². The van der Waals surface area contributed by atoms with E-state index in [1.165, 1.54) is 12.8 Å². The van der Waals surface area contributed by atoms with E-state index in [1.54, 1.807) is 7.11 Å². The second kappa shape index (κ2) is 7.50. The van der Waals surface area contributed by atoms with Gasteiger partial charge in [0, 0.05) is 44.8 Å². The van der Waals surface area contributed by atoms with Crippen molar-refractivity contribution >= 4 is 6.03 Å². The number of hydrogen-bond donors (Lipinski definition) is 1. The number of urea groups is 1. The standard InChI is InChI=1S/C20H26N4O2/c1-26-19-16-7-8-17(19)14-23(13-16)20(25)21-10-9-15-11-22-24(12-15)18-5-3-2-4-6-18/h2-6,11-12,16-17,19H,7-10,13-14H2,1H3,(H,21,25)/t16-,17+,19?. The predicted octanol–water partition coefficient (Wildman–Crippen LogP) is 2.48. The van der Waals surface area contributed by atoms with E-state index in [0.29, 0.717) is 24.5 Å². The van der Waals surface area contributed by atoms with Crippen molar-refractivity contribution < 1.29 is 9.53 Å². The summed E-state index contributed by atoms with van der Waals surface area (Å²) in [4.78, 5) is 14.4. The summed E-state index contributed by atoms with van der Waals surface area (Å²) >= 11 is 0. The molecular weight excluding hydrogens is 328 g/mol. The second-order valence-electron chi connectivity index (χ2n) is 7.31. The van der Waals surface area contributed by atoms with Gasteiger partial charge in [-0.3, -0.25) is 0 Å². The molecule has 2 fully saturated rings. The Balaban J connectivity index is 1.26. The van der Waals surface area contributed by atoms with E-state index in [9.17, 15) is 4.79 Å². The fourth-order valence-electron chi connectivity index (χ4n) is 4.36. The summed E-state index contributed by atoms with van der Waals surface area (Å²) in [6.45, 7) is 2.25. The molecule has 1 aliphatic carbocycles. The number of ether oxygens (including phenoxy) is 1. The van der Waals surface area contributed by atoms with Crippen LogP contribution in [0.3, 0.4) is 0 Å². The first-order chi connectivity index (χ1) is 12.7. The van der Waals surface area contributed by atoms with Crippen LogP contribution in [0.15, 0.2) is 42.7 Å². The number of rotatable bonds is 5. The number of benzene rings is 1. The van der Waals surface area contributed by atoms with Gasteiger partial charge in [0.05, 0.1) is 18.0 Å². The van der Waals surface area contributed by atoms with Gasteiger partial charge in [-0.05, 0) is 37.0 Å². The lowest BCUT2D eigenvalue weighted by Gasteiger charge is -2.37. The molecule has 1 aromatic heterocycles. The largest absolute Gasteiger partial charge is 0.381 e. The van der Waals surface area contributed by atoms with E-state index >= 15 is 0 Å². The highest BCUT2D eigenvalue weighted by Crippen LogP contribution is 2.38. The van der Waals surface area contributed by atoms with Gasteiger partial charge in [-0.1, -0.05) is 18.2 Å². The molecule has 1 aromatic carbocycles. The maximum atomic E-state index is 12.5. The van der Waals surface area contributed by atoms with E-state index < -0.39 is 0 Å². The van der Waals surface area contributed by atoms with Crippen LogP contribution in [0.5, 0.6) is 0 Å². The highest BCUT2D eigenvalue weighted by Gasteiger charge is 2.43. The van der Waals surface area contributed by atoms with Crippen molar-refractivity contribution in [1.29, 1.82) is 0 Å². The summed E-state index contributed by atoms with van der Waals surface area (Å²) in [5.74, 6) is 0.988. The first-order valence-electron chi connectivity index (χ1n) is 9.39. The quantitative estimate of drug-likeness (QED) is 0.897. The molecule has 0 spiro atoms. The molecule has 138 valence electrons. The Kier molecular flexibility index (Phi) is 4.93. The highest BCUT2D eigenvalue weighted by atomic mass is 16.5. The fraction of sp³-hybridized carbons (Fsp3) is 0.500. The van der Waals surface area contributed by atoms with Crippen LogP contribution in [0.4, 0.5) is 4.79 Å². The summed E-state index contributed by atoms with van der Waals surface area (Å²) in [5.41, 5.74) is 2.16. The maximum Gasteiger partial charge on any atom is 0.317 e. The number of nitrogens with one attached hydrogen (secondary N) is 1. The smallest absolute Gasteiger partial charge is 0.317 e. The number of fused-ring (bicyclic) bond motifs is 2. The molecule has 2 heterocycles. The van der Waals surface area contributed by atoms with Gasteiger partial charge in [-0.15, -0.1) is 0 Å². The third-order valence-corrected chi connectivity index (χ3v) is 5.65. The van der Waals surface area contributed by atoms with Crippen molar-refractivity contribution in [2.75, 3.05) is 26.7 Å². The molecule has 1 N–H and O–H groups in total. The first kappa shape index (κ1) is 17.1. The SMILES string of the molecule is COC1[C@@H]2CC[C@H]1CN(C(=O)NCCc1cnn(-c3ccccc3)c1)C2. The average molecular weight is 354 g/mol. The van der Waals surface area contributed by atoms with E-state index in [-0.39, 0.29) is 6.03 Å². The number of para-hydroxylation sites is 1. The number of nitrogens with zero attached hydrogens (tertiary/aromatic N) is 3. The Hall–Kier alpha value is -2.34. The second-order valence-corrected chi connectivity index (χ2v) is 7.31. The Morgan fingerprint density at radius 1 is 1.23 bits per heavy atom. The Labute approximate surface area is 154 Å². The Bertz CT molecular complexity index is 731. The highest BCUT2D eigenvalue weighted by molar-refractivity contribution is 5.74. The minimum atomic E-state index is 0.0481. The van der Waals surface area contributed by atoms with Crippen molar-refractivity contribution in [2.24, 2.45) is 11.8 Å². The zero-order valence-corrected chi connectivity index (χ0v) is 15.2. The van der Waals surface area contributed by atoms with Gasteiger partial charge in [-0.25, -0.2) is 9.48 Å². The monoisotopic (exact) mass is 354 g/mol. The number of carbonyl (C=O) groups is 1. The molecule has 2 aromatic rings. The number of piperidine rings is 1. The number of amides is 2. The van der Waals surface area contributed by atoms with Crippen molar-refractivity contribution in [3.8, 4) is 5.69 Å². The van der Waals surface area contributed by atoms with Gasteiger partial charge in [0.15, 0.2) is 0 Å². The van der Waals surface area contributed by atoms with Gasteiger partial charge in [0.1, 0.15) is 0 Å². The van der Waals surface area contributed by atoms with Crippen molar-refractivity contribution in [2.45, 2.75) is 25.4 Å². The van der Waals surface area contributed by atoms with Crippen LogP contribution in [0.1, 0.15) is 18.4 Å². The summed E-state index contributed by atoms with van der Waals surface area (Å²) in [6.07, 6.45) is 7.34. The molecule has 1 saturated carbocycles. The number of likely N-dealkylation sites (tertiary alicyclic amines) is 1. The predicted molar refractivity (Wildman–Crippen MR) is 99.3 cm³/mol. The summed E-state index contributed by atoms with van der Waals surface area (Å²) in [7, 11) is 1.79. The third kappa shape index (κ3) is 3.46. The number of methoxy groups -OCH3 is 1. The summed E-state index contributed by atoms with van der Waals surface area (Å²) in [6, 6.07) is 10.1. The van der Waals surface area contributed by atoms with Gasteiger partial charge in [0.2, 0.25) is 0 Å². The summed E-state index contributed by atoms with van der Waals surface area (Å²) < 4.78 is 7.48. The van der Waals surface area contributed by atoms with Crippen LogP contribution in [-0.4, -0.2) is 53.6 Å². The van der Waals surface area contributed by atoms with E-state index in [4.69, 9.17) is 4.74 Å². The van der Waals surface area contributed by atoms with Gasteiger partial charge >= 0.3 is 6.03 Å². The van der Waals surface area contributed by atoms with E-state index in [1.807, 2.05) is 52.3 Å². The van der Waals surface area contributed by atoms with Gasteiger partial charge in [-0.2, -0.15) is 5.10 Å². The Morgan fingerprint density at radius 2 is 1.96 bits per heavy atom. The van der Waals surface area contributed by atoms with E-state index in [2.05, 4.69) is 10.4 Å². The number of aromatic nitrogens is 2. The fourth-order valence-corrected chi connectivity index (χ4v) is 4.36. The lowest BCUT2D eigenvalue weighted by atomic mass is 9.95. The van der Waals surface area contributed by atoms with Crippen LogP contribution in [0.2, 0.25) is 0 Å². The minimum absolute atomic E-state index is 0.0481. The first-order valence-corrected chi connectivity index (χ1v) is 9.39. The maximum absolute atomic E-state index is 12.5. The molecule has 3 atom stereocenters. The molecule has 6 nitrogen and oxygen atoms in total. The van der Waals surface area contributed by atoms with Crippen LogP contribution < -0.4 is 5.32 Å².